The first-order chi connectivity index (χ1) is 21.4. The maximum absolute atomic E-state index is 12.9. The number of hydrogen-bond acceptors (Lipinski definition) is 6. The lowest BCUT2D eigenvalue weighted by Crippen LogP contribution is -2.32. The second-order valence-electron chi connectivity index (χ2n) is 12.5. The van der Waals surface area contributed by atoms with Crippen molar-refractivity contribution in [1.82, 2.24) is 14.9 Å². The summed E-state index contributed by atoms with van der Waals surface area (Å²) in [7, 11) is 0. The van der Waals surface area contributed by atoms with Gasteiger partial charge in [0.1, 0.15) is 11.4 Å². The van der Waals surface area contributed by atoms with Crippen molar-refractivity contribution in [2.45, 2.75) is 98.1 Å². The number of nitrogens with zero attached hydrogens (tertiary/aromatic N) is 2. The summed E-state index contributed by atoms with van der Waals surface area (Å²) in [6.45, 7) is 14.4. The first-order valence-electron chi connectivity index (χ1n) is 15.7. The summed E-state index contributed by atoms with van der Waals surface area (Å²) >= 11 is 1.10. The predicted molar refractivity (Wildman–Crippen MR) is 183 cm³/mol. The van der Waals surface area contributed by atoms with E-state index in [2.05, 4.69) is 60.1 Å². The monoisotopic (exact) mass is 627 g/mol. The minimum absolute atomic E-state index is 0.0477. The Labute approximate surface area is 271 Å². The number of aryl methyl sites for hydroxylation is 2. The van der Waals surface area contributed by atoms with Gasteiger partial charge in [-0.05, 0) is 80.5 Å². The summed E-state index contributed by atoms with van der Waals surface area (Å²) in [5, 5.41) is 2.63. The first kappa shape index (κ1) is 34.0. The lowest BCUT2D eigenvalue weighted by molar-refractivity contribution is -0.121. The molecule has 0 aliphatic carbocycles. The molecule has 45 heavy (non-hydrogen) atoms. The van der Waals surface area contributed by atoms with Crippen LogP contribution in [-0.2, 0) is 33.8 Å². The number of carbonyl (C=O) groups excluding carboxylic acids is 3. The van der Waals surface area contributed by atoms with E-state index in [9.17, 15) is 14.4 Å². The van der Waals surface area contributed by atoms with Crippen molar-refractivity contribution in [3.05, 3.63) is 88.7 Å². The summed E-state index contributed by atoms with van der Waals surface area (Å²) in [6.07, 6.45) is 3.31. The molecule has 1 aromatic heterocycles. The van der Waals surface area contributed by atoms with E-state index in [-0.39, 0.29) is 22.2 Å². The van der Waals surface area contributed by atoms with E-state index in [4.69, 9.17) is 9.72 Å². The van der Waals surface area contributed by atoms with Gasteiger partial charge in [0.05, 0.1) is 21.8 Å². The van der Waals surface area contributed by atoms with E-state index < -0.39 is 5.60 Å². The van der Waals surface area contributed by atoms with Crippen molar-refractivity contribution in [1.29, 1.82) is 0 Å². The zero-order chi connectivity index (χ0) is 32.7. The molecule has 0 fully saturated rings. The largest absolute Gasteiger partial charge is 0.456 e. The van der Waals surface area contributed by atoms with Crippen LogP contribution in [0.2, 0.25) is 0 Å². The number of ether oxygens (including phenoxy) is 1. The van der Waals surface area contributed by atoms with Crippen molar-refractivity contribution < 1.29 is 19.1 Å². The Kier molecular flexibility index (Phi) is 11.3. The molecule has 0 spiro atoms. The van der Waals surface area contributed by atoms with Crippen LogP contribution in [0.1, 0.15) is 93.7 Å². The number of fused-ring (bicyclic) bond motifs is 1. The molecule has 3 aromatic carbocycles. The van der Waals surface area contributed by atoms with Gasteiger partial charge in [-0.25, -0.2) is 9.78 Å². The van der Waals surface area contributed by atoms with Gasteiger partial charge in [0.15, 0.2) is 5.12 Å². The van der Waals surface area contributed by atoms with Gasteiger partial charge in [0, 0.05) is 26.4 Å². The van der Waals surface area contributed by atoms with E-state index in [0.29, 0.717) is 25.1 Å². The molecule has 238 valence electrons. The van der Waals surface area contributed by atoms with Crippen LogP contribution in [-0.4, -0.2) is 37.4 Å². The minimum atomic E-state index is -0.576. The van der Waals surface area contributed by atoms with Crippen molar-refractivity contribution in [3.63, 3.8) is 0 Å². The highest BCUT2D eigenvalue weighted by Crippen LogP contribution is 2.28. The van der Waals surface area contributed by atoms with Gasteiger partial charge >= 0.3 is 5.97 Å². The molecule has 0 aliphatic rings. The third-order valence-electron chi connectivity index (χ3n) is 7.43. The molecule has 0 radical (unpaired) electrons. The molecular formula is C37H45N3O4S. The van der Waals surface area contributed by atoms with Crippen LogP contribution in [0.4, 0.5) is 0 Å². The highest BCUT2D eigenvalue weighted by Gasteiger charge is 2.22. The summed E-state index contributed by atoms with van der Waals surface area (Å²) in [5.74, 6) is 0.581. The smallest absolute Gasteiger partial charge is 0.339 e. The molecule has 1 N–H and O–H groups in total. The number of rotatable bonds is 12. The molecule has 4 aromatic rings. The molecule has 0 bridgehead atoms. The van der Waals surface area contributed by atoms with E-state index in [1.54, 1.807) is 6.07 Å². The van der Waals surface area contributed by atoms with Gasteiger partial charge < -0.3 is 14.6 Å². The summed E-state index contributed by atoms with van der Waals surface area (Å²) in [5.41, 5.74) is 6.92. The zero-order valence-corrected chi connectivity index (χ0v) is 28.3. The number of hydrogen-bond donors (Lipinski definition) is 1. The highest BCUT2D eigenvalue weighted by atomic mass is 32.2. The lowest BCUT2D eigenvalue weighted by atomic mass is 9.98. The van der Waals surface area contributed by atoms with Crippen molar-refractivity contribution in [2.24, 2.45) is 0 Å². The Bertz CT molecular complexity index is 1670. The standard InChI is InChI=1S/C37H45N3O4S/c1-8-12-32(45-25(4)41)35(42)38-22-27-20-24(3)34-31(21-27)40(33(39-34)13-9-2)23-26-16-18-28(19-17-26)29-14-10-11-15-30(29)36(43)44-37(5,6)7/h10-11,14-21,32H,8-9,12-13,22-23H2,1-7H3,(H,38,42). The van der Waals surface area contributed by atoms with E-state index in [1.807, 2.05) is 45.9 Å². The number of benzene rings is 3. The number of imidazole rings is 1. The molecule has 0 saturated heterocycles. The van der Waals surface area contributed by atoms with Gasteiger partial charge in [-0.2, -0.15) is 0 Å². The molecule has 1 atom stereocenters. The number of thioether (sulfide) groups is 1. The van der Waals surface area contributed by atoms with Crippen LogP contribution in [0.3, 0.4) is 0 Å². The van der Waals surface area contributed by atoms with E-state index in [0.717, 1.165) is 75.7 Å². The molecular weight excluding hydrogens is 582 g/mol. The van der Waals surface area contributed by atoms with Crippen molar-refractivity contribution in [3.8, 4) is 11.1 Å². The molecule has 4 rings (SSSR count). The molecule has 0 saturated carbocycles. The Morgan fingerprint density at radius 3 is 2.33 bits per heavy atom. The van der Waals surface area contributed by atoms with Crippen LogP contribution in [0.5, 0.6) is 0 Å². The predicted octanol–water partition coefficient (Wildman–Crippen LogP) is 8.03. The van der Waals surface area contributed by atoms with Gasteiger partial charge in [-0.3, -0.25) is 9.59 Å². The topological polar surface area (TPSA) is 90.3 Å². The van der Waals surface area contributed by atoms with E-state index in [1.165, 1.54) is 6.92 Å². The summed E-state index contributed by atoms with van der Waals surface area (Å²) in [6, 6.07) is 20.0. The quantitative estimate of drug-likeness (QED) is 0.160. The number of carbonyl (C=O) groups is 3. The van der Waals surface area contributed by atoms with Gasteiger partial charge in [-0.1, -0.05) is 80.6 Å². The molecule has 1 amide bonds. The van der Waals surface area contributed by atoms with Gasteiger partial charge in [-0.15, -0.1) is 0 Å². The lowest BCUT2D eigenvalue weighted by Gasteiger charge is -2.20. The fraction of sp³-hybridized carbons (Fsp3) is 0.405. The molecule has 1 heterocycles. The van der Waals surface area contributed by atoms with Crippen LogP contribution >= 0.6 is 11.8 Å². The fourth-order valence-electron chi connectivity index (χ4n) is 5.43. The SMILES string of the molecule is CCCc1nc2c(C)cc(CNC(=O)C(CCC)SC(C)=O)cc2n1Cc1ccc(-c2ccccc2C(=O)OC(C)(C)C)cc1. The highest BCUT2D eigenvalue weighted by molar-refractivity contribution is 8.14. The van der Waals surface area contributed by atoms with Crippen LogP contribution in [0.15, 0.2) is 60.7 Å². The average molecular weight is 628 g/mol. The first-order valence-corrected chi connectivity index (χ1v) is 16.6. The normalized spacial score (nSPS) is 12.2. The Morgan fingerprint density at radius 1 is 0.978 bits per heavy atom. The summed E-state index contributed by atoms with van der Waals surface area (Å²) < 4.78 is 7.93. The van der Waals surface area contributed by atoms with Crippen LogP contribution in [0, 0.1) is 6.92 Å². The van der Waals surface area contributed by atoms with Crippen molar-refractivity contribution >= 4 is 39.8 Å². The molecule has 1 unspecified atom stereocenters. The number of amides is 1. The summed E-state index contributed by atoms with van der Waals surface area (Å²) in [4.78, 5) is 42.5. The Balaban J connectivity index is 1.60. The molecule has 0 aliphatic heterocycles. The number of nitrogens with one attached hydrogen (secondary N) is 1. The average Bonchev–Trinajstić information content (AvgIpc) is 3.32. The molecule has 8 heteroatoms. The Morgan fingerprint density at radius 2 is 1.69 bits per heavy atom. The minimum Gasteiger partial charge on any atom is -0.456 e. The maximum Gasteiger partial charge on any atom is 0.339 e. The number of esters is 1. The van der Waals surface area contributed by atoms with Crippen LogP contribution in [0.25, 0.3) is 22.2 Å². The fourth-order valence-corrected chi connectivity index (χ4v) is 6.38. The number of aromatic nitrogens is 2. The third-order valence-corrected chi connectivity index (χ3v) is 8.49. The van der Waals surface area contributed by atoms with E-state index >= 15 is 0 Å². The van der Waals surface area contributed by atoms with Crippen LogP contribution < -0.4 is 5.32 Å². The zero-order valence-electron chi connectivity index (χ0n) is 27.5. The second kappa shape index (κ2) is 14.9. The van der Waals surface area contributed by atoms with Gasteiger partial charge in [0.25, 0.3) is 0 Å². The molecule has 7 nitrogen and oxygen atoms in total. The van der Waals surface area contributed by atoms with Crippen molar-refractivity contribution in [2.75, 3.05) is 0 Å². The third kappa shape index (κ3) is 8.85. The Hall–Kier alpha value is -3.91. The maximum atomic E-state index is 12.9. The second-order valence-corrected chi connectivity index (χ2v) is 13.9. The van der Waals surface area contributed by atoms with Gasteiger partial charge in [0.2, 0.25) is 5.91 Å².